The van der Waals surface area contributed by atoms with Crippen LogP contribution in [0.2, 0.25) is 5.02 Å². The van der Waals surface area contributed by atoms with Gasteiger partial charge in [-0.2, -0.15) is 0 Å². The fourth-order valence-electron chi connectivity index (χ4n) is 2.60. The van der Waals surface area contributed by atoms with Gasteiger partial charge in [0.2, 0.25) is 0 Å². The minimum atomic E-state index is -0.404. The molecule has 0 spiro atoms. The van der Waals surface area contributed by atoms with Gasteiger partial charge in [0, 0.05) is 16.6 Å². The highest BCUT2D eigenvalue weighted by atomic mass is 35.5. The van der Waals surface area contributed by atoms with E-state index in [2.05, 4.69) is 11.5 Å². The Morgan fingerprint density at radius 2 is 1.89 bits per heavy atom. The first-order valence-corrected chi connectivity index (χ1v) is 7.31. The lowest BCUT2D eigenvalue weighted by Gasteiger charge is -2.34. The van der Waals surface area contributed by atoms with Crippen LogP contribution in [0.25, 0.3) is 0 Å². The molecule has 0 amide bonds. The number of rotatable bonds is 4. The van der Waals surface area contributed by atoms with Crippen LogP contribution in [0.4, 0.5) is 0 Å². The maximum absolute atomic E-state index is 10.4. The van der Waals surface area contributed by atoms with Gasteiger partial charge in [-0.25, -0.2) is 0 Å². The quantitative estimate of drug-likeness (QED) is 0.913. The Morgan fingerprint density at radius 3 is 2.42 bits per heavy atom. The molecule has 1 atom stereocenters. The number of piperidine rings is 1. The summed E-state index contributed by atoms with van der Waals surface area (Å²) in [6, 6.07) is 7.46. The van der Waals surface area contributed by atoms with Crippen LogP contribution in [0.5, 0.6) is 0 Å². The molecule has 2 nitrogen and oxygen atoms in total. The molecule has 0 saturated carbocycles. The Bertz CT molecular complexity index is 424. The Labute approximate surface area is 124 Å². The number of hydrogen-bond donors (Lipinski definition) is 1. The van der Waals surface area contributed by atoms with Crippen molar-refractivity contribution in [2.24, 2.45) is 5.92 Å². The second-order valence-corrected chi connectivity index (χ2v) is 6.10. The Kier molecular flexibility index (Phi) is 5.28. The standard InChI is InChI=1S/C15H19Cl2NO/c1-11(16)10-18-8-6-13(7-9-18)15(19)12-2-4-14(17)5-3-12/h2-5,13,15,19H,1,6-10H2. The molecule has 1 N–H and O–H groups in total. The van der Waals surface area contributed by atoms with Gasteiger partial charge >= 0.3 is 0 Å². The smallest absolute Gasteiger partial charge is 0.0819 e. The summed E-state index contributed by atoms with van der Waals surface area (Å²) in [7, 11) is 0. The van der Waals surface area contributed by atoms with Gasteiger partial charge in [0.1, 0.15) is 0 Å². The molecule has 104 valence electrons. The van der Waals surface area contributed by atoms with E-state index < -0.39 is 6.10 Å². The van der Waals surface area contributed by atoms with Gasteiger partial charge in [0.05, 0.1) is 6.10 Å². The molecule has 0 bridgehead atoms. The average Bonchev–Trinajstić information content (AvgIpc) is 2.39. The molecule has 2 rings (SSSR count). The van der Waals surface area contributed by atoms with Gasteiger partial charge in [0.15, 0.2) is 0 Å². The van der Waals surface area contributed by atoms with Crippen LogP contribution in [-0.4, -0.2) is 29.6 Å². The molecule has 0 aliphatic carbocycles. The molecular weight excluding hydrogens is 281 g/mol. The van der Waals surface area contributed by atoms with Crippen molar-refractivity contribution in [3.63, 3.8) is 0 Å². The normalized spacial score (nSPS) is 19.3. The van der Waals surface area contributed by atoms with Gasteiger partial charge < -0.3 is 5.11 Å². The summed E-state index contributed by atoms with van der Waals surface area (Å²) in [5, 5.41) is 11.8. The number of aliphatic hydroxyl groups excluding tert-OH is 1. The molecule has 4 heteroatoms. The maximum Gasteiger partial charge on any atom is 0.0819 e. The summed E-state index contributed by atoms with van der Waals surface area (Å²) in [6.07, 6.45) is 1.56. The van der Waals surface area contributed by atoms with E-state index in [-0.39, 0.29) is 0 Å². The van der Waals surface area contributed by atoms with Crippen molar-refractivity contribution in [2.45, 2.75) is 18.9 Å². The van der Waals surface area contributed by atoms with Crippen LogP contribution in [0.1, 0.15) is 24.5 Å². The molecular formula is C15H19Cl2NO. The fraction of sp³-hybridized carbons (Fsp3) is 0.467. The Hall–Kier alpha value is -0.540. The first-order chi connectivity index (χ1) is 9.06. The summed E-state index contributed by atoms with van der Waals surface area (Å²) in [5.74, 6) is 0.306. The number of aliphatic hydroxyl groups is 1. The van der Waals surface area contributed by atoms with Crippen molar-refractivity contribution < 1.29 is 5.11 Å². The number of benzene rings is 1. The van der Waals surface area contributed by atoms with Crippen LogP contribution in [-0.2, 0) is 0 Å². The SMILES string of the molecule is C=C(Cl)CN1CCC(C(O)c2ccc(Cl)cc2)CC1. The van der Waals surface area contributed by atoms with Crippen molar-refractivity contribution in [1.82, 2.24) is 4.90 Å². The zero-order valence-electron chi connectivity index (χ0n) is 10.9. The van der Waals surface area contributed by atoms with Crippen molar-refractivity contribution in [3.8, 4) is 0 Å². The van der Waals surface area contributed by atoms with Crippen LogP contribution < -0.4 is 0 Å². The molecule has 1 saturated heterocycles. The molecule has 0 aromatic heterocycles. The minimum absolute atomic E-state index is 0.306. The average molecular weight is 300 g/mol. The van der Waals surface area contributed by atoms with E-state index in [1.54, 1.807) is 0 Å². The van der Waals surface area contributed by atoms with Crippen LogP contribution in [0.15, 0.2) is 35.9 Å². The monoisotopic (exact) mass is 299 g/mol. The second-order valence-electron chi connectivity index (χ2n) is 5.13. The van der Waals surface area contributed by atoms with Gasteiger partial charge in [-0.1, -0.05) is 41.9 Å². The first-order valence-electron chi connectivity index (χ1n) is 6.55. The zero-order chi connectivity index (χ0) is 13.8. The molecule has 1 fully saturated rings. The zero-order valence-corrected chi connectivity index (χ0v) is 12.4. The van der Waals surface area contributed by atoms with Crippen LogP contribution in [0.3, 0.4) is 0 Å². The number of likely N-dealkylation sites (tertiary alicyclic amines) is 1. The summed E-state index contributed by atoms with van der Waals surface area (Å²) in [5.41, 5.74) is 0.949. The Balaban J connectivity index is 1.90. The number of nitrogens with zero attached hydrogens (tertiary/aromatic N) is 1. The predicted octanol–water partition coefficient (Wildman–Crippen LogP) is 3.84. The van der Waals surface area contributed by atoms with E-state index >= 15 is 0 Å². The van der Waals surface area contributed by atoms with Crippen molar-refractivity contribution in [3.05, 3.63) is 46.5 Å². The maximum atomic E-state index is 10.4. The molecule has 19 heavy (non-hydrogen) atoms. The van der Waals surface area contributed by atoms with Gasteiger partial charge in [-0.15, -0.1) is 0 Å². The fourth-order valence-corrected chi connectivity index (χ4v) is 2.90. The third kappa shape index (κ3) is 4.22. The minimum Gasteiger partial charge on any atom is -0.388 e. The van der Waals surface area contributed by atoms with Gasteiger partial charge in [0.25, 0.3) is 0 Å². The van der Waals surface area contributed by atoms with E-state index in [0.29, 0.717) is 16.0 Å². The number of halogens is 2. The van der Waals surface area contributed by atoms with Crippen LogP contribution >= 0.6 is 23.2 Å². The predicted molar refractivity (Wildman–Crippen MR) is 80.6 cm³/mol. The highest BCUT2D eigenvalue weighted by Gasteiger charge is 2.26. The topological polar surface area (TPSA) is 23.5 Å². The van der Waals surface area contributed by atoms with Gasteiger partial charge in [-0.05, 0) is 49.5 Å². The van der Waals surface area contributed by atoms with Crippen molar-refractivity contribution in [2.75, 3.05) is 19.6 Å². The highest BCUT2D eigenvalue weighted by Crippen LogP contribution is 2.31. The van der Waals surface area contributed by atoms with E-state index in [0.717, 1.165) is 38.0 Å². The highest BCUT2D eigenvalue weighted by molar-refractivity contribution is 6.30. The molecule has 1 aromatic rings. The summed E-state index contributed by atoms with van der Waals surface area (Å²) in [6.45, 7) is 6.38. The molecule has 1 aliphatic rings. The van der Waals surface area contributed by atoms with Crippen molar-refractivity contribution >= 4 is 23.2 Å². The third-order valence-corrected chi connectivity index (χ3v) is 4.06. The molecule has 1 aromatic carbocycles. The molecule has 0 radical (unpaired) electrons. The van der Waals surface area contributed by atoms with E-state index in [4.69, 9.17) is 23.2 Å². The van der Waals surface area contributed by atoms with Gasteiger partial charge in [-0.3, -0.25) is 4.90 Å². The molecule has 1 unspecified atom stereocenters. The second kappa shape index (κ2) is 6.76. The number of hydrogen-bond acceptors (Lipinski definition) is 2. The summed E-state index contributed by atoms with van der Waals surface area (Å²) >= 11 is 11.7. The lowest BCUT2D eigenvalue weighted by Crippen LogP contribution is -2.36. The lowest BCUT2D eigenvalue weighted by molar-refractivity contribution is 0.0619. The third-order valence-electron chi connectivity index (χ3n) is 3.69. The van der Waals surface area contributed by atoms with Crippen molar-refractivity contribution in [1.29, 1.82) is 0 Å². The summed E-state index contributed by atoms with van der Waals surface area (Å²) in [4.78, 5) is 2.28. The molecule has 1 heterocycles. The lowest BCUT2D eigenvalue weighted by atomic mass is 9.87. The van der Waals surface area contributed by atoms with Crippen LogP contribution in [0, 0.1) is 5.92 Å². The first kappa shape index (κ1) is 14.9. The van der Waals surface area contributed by atoms with E-state index in [9.17, 15) is 5.11 Å². The van der Waals surface area contributed by atoms with E-state index in [1.807, 2.05) is 24.3 Å². The Morgan fingerprint density at radius 1 is 1.32 bits per heavy atom. The largest absolute Gasteiger partial charge is 0.388 e. The van der Waals surface area contributed by atoms with E-state index in [1.165, 1.54) is 0 Å². The summed E-state index contributed by atoms with van der Waals surface area (Å²) < 4.78 is 0. The molecule has 1 aliphatic heterocycles.